The highest BCUT2D eigenvalue weighted by Gasteiger charge is 2.45. The van der Waals surface area contributed by atoms with E-state index in [0.29, 0.717) is 44.1 Å². The van der Waals surface area contributed by atoms with Crippen molar-refractivity contribution in [1.82, 2.24) is 9.97 Å². The van der Waals surface area contributed by atoms with Crippen LogP contribution in [0.15, 0.2) is 73.1 Å². The molecule has 1 unspecified atom stereocenters. The molecule has 290 valence electrons. The number of pyridine rings is 2. The van der Waals surface area contributed by atoms with Crippen LogP contribution in [0.4, 0.5) is 27.3 Å². The quantitative estimate of drug-likeness (QED) is 0.143. The van der Waals surface area contributed by atoms with Crippen molar-refractivity contribution < 1.29 is 23.5 Å². The number of thiophene rings is 1. The third-order valence-corrected chi connectivity index (χ3v) is 12.0. The van der Waals surface area contributed by atoms with Gasteiger partial charge in [-0.15, -0.1) is 11.3 Å². The minimum absolute atomic E-state index is 0.0205. The van der Waals surface area contributed by atoms with Gasteiger partial charge in [-0.1, -0.05) is 18.2 Å². The van der Waals surface area contributed by atoms with Gasteiger partial charge in [0.25, 0.3) is 11.8 Å². The number of ether oxygens (including phenoxy) is 1. The number of fused-ring (bicyclic) bond motifs is 3. The first-order valence-electron chi connectivity index (χ1n) is 18.8. The maximum absolute atomic E-state index is 15.8. The number of carbonyl (C=O) groups excluding carboxylic acids is 3. The Morgan fingerprint density at radius 2 is 1.80 bits per heavy atom. The topological polar surface area (TPSA) is 143 Å². The second kappa shape index (κ2) is 16.3. The highest BCUT2D eigenvalue weighted by molar-refractivity contribution is 7.17. The molecule has 13 heteroatoms. The summed E-state index contributed by atoms with van der Waals surface area (Å²) >= 11 is 1.05. The molecule has 11 nitrogen and oxygen atoms in total. The number of hydrogen-bond donors (Lipinski definition) is 3. The van der Waals surface area contributed by atoms with Crippen molar-refractivity contribution in [3.05, 3.63) is 117 Å². The van der Waals surface area contributed by atoms with E-state index in [1.54, 1.807) is 35.4 Å². The number of aromatic nitrogens is 2. The molecule has 0 bridgehead atoms. The van der Waals surface area contributed by atoms with Gasteiger partial charge in [0.1, 0.15) is 16.4 Å². The fourth-order valence-corrected chi connectivity index (χ4v) is 8.80. The van der Waals surface area contributed by atoms with Crippen LogP contribution < -0.4 is 26.2 Å². The van der Waals surface area contributed by atoms with E-state index in [-0.39, 0.29) is 29.8 Å². The molecule has 2 amide bonds. The van der Waals surface area contributed by atoms with Gasteiger partial charge in [-0.05, 0) is 99.2 Å². The highest BCUT2D eigenvalue weighted by atomic mass is 32.1. The first-order chi connectivity index (χ1) is 27.0. The molecule has 8 rings (SSSR count). The molecule has 3 aromatic heterocycles. The Bertz CT molecular complexity index is 2260. The Kier molecular flexibility index (Phi) is 11.3. The van der Waals surface area contributed by atoms with E-state index < -0.39 is 11.7 Å². The summed E-state index contributed by atoms with van der Waals surface area (Å²) < 4.78 is 21.2. The van der Waals surface area contributed by atoms with E-state index in [1.807, 2.05) is 70.4 Å². The fourth-order valence-electron chi connectivity index (χ4n) is 7.67. The molecular formula is C43H46FN7O4S. The number of aryl methyl sites for hydroxylation is 2. The van der Waals surface area contributed by atoms with E-state index in [1.165, 1.54) is 0 Å². The largest absolute Gasteiger partial charge is 0.388 e. The number of para-hydroxylation sites is 1. The SMILES string of the molecule is CNc1ccc(C(=O)N2CCc3c(sc(C(=O)Nc4c(C)cccc4C(C)N)c3F)-c3ncccc32)cc1.Cc1cnc(N2CC3(CCOCC3)C2)c(C=O)c1. The monoisotopic (exact) mass is 775 g/mol. The van der Waals surface area contributed by atoms with Crippen molar-refractivity contribution in [2.24, 2.45) is 11.1 Å². The summed E-state index contributed by atoms with van der Waals surface area (Å²) in [6.45, 7) is 9.67. The van der Waals surface area contributed by atoms with Crippen LogP contribution >= 0.6 is 11.3 Å². The number of rotatable bonds is 7. The molecule has 4 N–H and O–H groups in total. The summed E-state index contributed by atoms with van der Waals surface area (Å²) in [6.07, 6.45) is 6.86. The van der Waals surface area contributed by atoms with Crippen molar-refractivity contribution in [2.75, 3.05) is 60.3 Å². The molecule has 3 aliphatic rings. The molecule has 3 aliphatic heterocycles. The molecule has 0 aliphatic carbocycles. The lowest BCUT2D eigenvalue weighted by atomic mass is 9.73. The lowest BCUT2D eigenvalue weighted by Gasteiger charge is -2.53. The molecule has 2 aromatic carbocycles. The molecule has 2 saturated heterocycles. The Morgan fingerprint density at radius 1 is 1.05 bits per heavy atom. The van der Waals surface area contributed by atoms with Crippen LogP contribution in [0.5, 0.6) is 0 Å². The zero-order valence-electron chi connectivity index (χ0n) is 32.0. The van der Waals surface area contributed by atoms with Gasteiger partial charge >= 0.3 is 0 Å². The Hall–Kier alpha value is -5.50. The Morgan fingerprint density at radius 3 is 2.50 bits per heavy atom. The van der Waals surface area contributed by atoms with Gasteiger partial charge in [-0.3, -0.25) is 19.4 Å². The van der Waals surface area contributed by atoms with Crippen LogP contribution in [-0.2, 0) is 11.2 Å². The van der Waals surface area contributed by atoms with Crippen LogP contribution in [0.2, 0.25) is 0 Å². The number of amides is 2. The normalized spacial score (nSPS) is 16.0. The van der Waals surface area contributed by atoms with Crippen LogP contribution in [0.1, 0.15) is 78.4 Å². The Labute approximate surface area is 330 Å². The average Bonchev–Trinajstić information content (AvgIpc) is 3.43. The summed E-state index contributed by atoms with van der Waals surface area (Å²) in [4.78, 5) is 51.2. The van der Waals surface area contributed by atoms with E-state index in [0.717, 1.165) is 85.0 Å². The predicted molar refractivity (Wildman–Crippen MR) is 220 cm³/mol. The molecular weight excluding hydrogens is 730 g/mol. The van der Waals surface area contributed by atoms with E-state index in [2.05, 4.69) is 25.5 Å². The second-order valence-corrected chi connectivity index (χ2v) is 15.8. The molecule has 6 heterocycles. The van der Waals surface area contributed by atoms with Crippen LogP contribution in [0, 0.1) is 25.1 Å². The average molecular weight is 776 g/mol. The highest BCUT2D eigenvalue weighted by Crippen LogP contribution is 2.44. The van der Waals surface area contributed by atoms with E-state index in [4.69, 9.17) is 10.5 Å². The molecule has 0 saturated carbocycles. The number of halogens is 1. The zero-order chi connectivity index (χ0) is 39.6. The maximum Gasteiger partial charge on any atom is 0.268 e. The van der Waals surface area contributed by atoms with Crippen molar-refractivity contribution >= 4 is 52.3 Å². The van der Waals surface area contributed by atoms with Crippen molar-refractivity contribution in [2.45, 2.75) is 46.1 Å². The van der Waals surface area contributed by atoms with Crippen LogP contribution in [-0.4, -0.2) is 68.0 Å². The Balaban J connectivity index is 0.000000222. The zero-order valence-corrected chi connectivity index (χ0v) is 32.8. The lowest BCUT2D eigenvalue weighted by molar-refractivity contribution is -0.000498. The van der Waals surface area contributed by atoms with Gasteiger partial charge in [-0.25, -0.2) is 9.37 Å². The number of anilines is 4. The number of benzene rings is 2. The summed E-state index contributed by atoms with van der Waals surface area (Å²) in [5, 5.41) is 5.93. The van der Waals surface area contributed by atoms with Crippen LogP contribution in [0.25, 0.3) is 10.6 Å². The first-order valence-corrected chi connectivity index (χ1v) is 19.6. The summed E-state index contributed by atoms with van der Waals surface area (Å²) in [5.41, 5.74) is 13.3. The van der Waals surface area contributed by atoms with E-state index >= 15 is 4.39 Å². The standard InChI is InChI=1S/C29H28FN5O2S.C14H18N2O2/c1-16-6-4-7-20(17(2)31)24(16)34-28(36)27-23(30)21-13-15-35(22-8-5-14-33-25(22)26(21)38-27)29(37)18-9-11-19(32-3)12-10-18;1-11-6-12(8-17)13(15-7-11)16-9-14(10-16)2-4-18-5-3-14/h4-12,14,17,32H,13,15,31H2,1-3H3,(H,34,36);6-8H,2-5,9-10H2,1H3. The minimum atomic E-state index is -0.581. The fraction of sp³-hybridized carbons (Fsp3) is 0.326. The number of nitrogens with two attached hydrogens (primary N) is 1. The summed E-state index contributed by atoms with van der Waals surface area (Å²) in [5.74, 6) is -0.472. The molecule has 0 radical (unpaired) electrons. The smallest absolute Gasteiger partial charge is 0.268 e. The summed E-state index contributed by atoms with van der Waals surface area (Å²) in [6, 6.07) is 18.0. The molecule has 1 spiro atoms. The lowest BCUT2D eigenvalue weighted by Crippen LogP contribution is -2.59. The van der Waals surface area contributed by atoms with Gasteiger partial charge in [0, 0.05) is 86.2 Å². The molecule has 5 aromatic rings. The van der Waals surface area contributed by atoms with Gasteiger partial charge in [-0.2, -0.15) is 0 Å². The van der Waals surface area contributed by atoms with Crippen molar-refractivity contribution in [1.29, 1.82) is 0 Å². The molecule has 1 atom stereocenters. The summed E-state index contributed by atoms with van der Waals surface area (Å²) in [7, 11) is 1.81. The second-order valence-electron chi connectivity index (χ2n) is 14.8. The number of hydrogen-bond acceptors (Lipinski definition) is 10. The van der Waals surface area contributed by atoms with Crippen molar-refractivity contribution in [3.63, 3.8) is 0 Å². The number of carbonyl (C=O) groups is 3. The number of nitrogens with one attached hydrogen (secondary N) is 2. The van der Waals surface area contributed by atoms with Gasteiger partial charge < -0.3 is 30.9 Å². The van der Waals surface area contributed by atoms with Gasteiger partial charge in [0.2, 0.25) is 0 Å². The van der Waals surface area contributed by atoms with E-state index in [9.17, 15) is 14.4 Å². The van der Waals surface area contributed by atoms with Crippen LogP contribution in [0.3, 0.4) is 0 Å². The number of aldehydes is 1. The molecule has 2 fully saturated rings. The predicted octanol–water partition coefficient (Wildman–Crippen LogP) is 7.59. The first kappa shape index (κ1) is 38.8. The minimum Gasteiger partial charge on any atom is -0.388 e. The number of nitrogens with zero attached hydrogens (tertiary/aromatic N) is 4. The van der Waals surface area contributed by atoms with Crippen molar-refractivity contribution in [3.8, 4) is 10.6 Å². The van der Waals surface area contributed by atoms with Gasteiger partial charge in [0.05, 0.1) is 16.1 Å². The van der Waals surface area contributed by atoms with Gasteiger partial charge in [0.15, 0.2) is 12.1 Å². The third kappa shape index (κ3) is 7.66. The molecule has 56 heavy (non-hydrogen) atoms. The third-order valence-electron chi connectivity index (χ3n) is 10.8. The maximum atomic E-state index is 15.8.